The maximum absolute atomic E-state index is 12.2. The molecule has 3 fully saturated rings. The Kier molecular flexibility index (Phi) is 2.95. The molecule has 4 nitrogen and oxygen atoms in total. The van der Waals surface area contributed by atoms with Crippen molar-refractivity contribution in [3.63, 3.8) is 0 Å². The lowest BCUT2D eigenvalue weighted by Gasteiger charge is -2.24. The number of esters is 1. The molecule has 3 rings (SSSR count). The summed E-state index contributed by atoms with van der Waals surface area (Å²) in [7, 11) is 0. The van der Waals surface area contributed by atoms with E-state index in [2.05, 4.69) is 10.6 Å². The fourth-order valence-electron chi connectivity index (χ4n) is 3.28. The van der Waals surface area contributed by atoms with E-state index >= 15 is 0 Å². The van der Waals surface area contributed by atoms with Gasteiger partial charge < -0.3 is 15.4 Å². The molecule has 2 saturated carbocycles. The monoisotopic (exact) mass is 266 g/mol. The van der Waals surface area contributed by atoms with Gasteiger partial charge in [0.15, 0.2) is 0 Å². The fraction of sp³-hybridized carbons (Fsp3) is 0.933. The molecule has 1 heterocycles. The van der Waals surface area contributed by atoms with E-state index in [1.54, 1.807) is 0 Å². The van der Waals surface area contributed by atoms with Gasteiger partial charge in [0.2, 0.25) is 0 Å². The van der Waals surface area contributed by atoms with Gasteiger partial charge in [-0.15, -0.1) is 0 Å². The molecular formula is C15H26N2O2. The van der Waals surface area contributed by atoms with E-state index < -0.39 is 0 Å². The van der Waals surface area contributed by atoms with Crippen molar-refractivity contribution in [1.82, 2.24) is 10.6 Å². The van der Waals surface area contributed by atoms with Crippen LogP contribution in [0.5, 0.6) is 0 Å². The van der Waals surface area contributed by atoms with Crippen LogP contribution in [0, 0.1) is 11.3 Å². The van der Waals surface area contributed by atoms with Crippen molar-refractivity contribution in [3.05, 3.63) is 0 Å². The molecule has 2 atom stereocenters. The minimum Gasteiger partial charge on any atom is -0.459 e. The molecule has 1 spiro atoms. The average molecular weight is 266 g/mol. The van der Waals surface area contributed by atoms with Gasteiger partial charge >= 0.3 is 5.97 Å². The normalized spacial score (nSPS) is 35.4. The van der Waals surface area contributed by atoms with Gasteiger partial charge in [0.05, 0.1) is 0 Å². The maximum Gasteiger partial charge on any atom is 0.326 e. The molecule has 108 valence electrons. The first-order valence-corrected chi connectivity index (χ1v) is 7.55. The molecule has 19 heavy (non-hydrogen) atoms. The standard InChI is InChI=1S/C15H26N2O2/c1-13(2,3)19-12(18)15(4-5-15)17-9-11-8-14(11)6-7-16-10-14/h11,16-17H,4-10H2,1-3H3. The van der Waals surface area contributed by atoms with Crippen LogP contribution >= 0.6 is 0 Å². The van der Waals surface area contributed by atoms with Crippen LogP contribution in [0.1, 0.15) is 46.5 Å². The van der Waals surface area contributed by atoms with E-state index in [-0.39, 0.29) is 17.1 Å². The highest BCUT2D eigenvalue weighted by Gasteiger charge is 2.58. The number of ether oxygens (including phenoxy) is 1. The van der Waals surface area contributed by atoms with Crippen LogP contribution in [0.3, 0.4) is 0 Å². The second-order valence-corrected chi connectivity index (χ2v) is 7.66. The summed E-state index contributed by atoms with van der Waals surface area (Å²) < 4.78 is 5.52. The van der Waals surface area contributed by atoms with Crippen molar-refractivity contribution in [2.45, 2.75) is 57.6 Å². The Morgan fingerprint density at radius 3 is 2.63 bits per heavy atom. The lowest BCUT2D eigenvalue weighted by molar-refractivity contribution is -0.158. The topological polar surface area (TPSA) is 50.4 Å². The van der Waals surface area contributed by atoms with Crippen molar-refractivity contribution in [2.75, 3.05) is 19.6 Å². The Hall–Kier alpha value is -0.610. The van der Waals surface area contributed by atoms with Crippen LogP contribution in [0.15, 0.2) is 0 Å². The average Bonchev–Trinajstić information content (AvgIpc) is 3.12. The molecule has 0 amide bonds. The van der Waals surface area contributed by atoms with E-state index in [0.29, 0.717) is 5.41 Å². The quantitative estimate of drug-likeness (QED) is 0.756. The smallest absolute Gasteiger partial charge is 0.326 e. The first-order valence-electron chi connectivity index (χ1n) is 7.55. The number of carbonyl (C=O) groups is 1. The highest BCUT2D eigenvalue weighted by Crippen LogP contribution is 2.56. The predicted octanol–water partition coefficient (Wildman–Crippen LogP) is 1.45. The molecule has 0 aromatic carbocycles. The van der Waals surface area contributed by atoms with Crippen molar-refractivity contribution < 1.29 is 9.53 Å². The third-order valence-corrected chi connectivity index (χ3v) is 4.86. The van der Waals surface area contributed by atoms with Crippen LogP contribution in [0.2, 0.25) is 0 Å². The Balaban J connectivity index is 1.49. The molecule has 2 N–H and O–H groups in total. The molecule has 0 radical (unpaired) electrons. The van der Waals surface area contributed by atoms with E-state index in [9.17, 15) is 4.79 Å². The van der Waals surface area contributed by atoms with Gasteiger partial charge in [-0.3, -0.25) is 4.79 Å². The zero-order chi connectivity index (χ0) is 13.7. The first-order chi connectivity index (χ1) is 8.85. The van der Waals surface area contributed by atoms with Gasteiger partial charge in [0, 0.05) is 6.54 Å². The Bertz CT molecular complexity index is 376. The second-order valence-electron chi connectivity index (χ2n) is 7.66. The molecular weight excluding hydrogens is 240 g/mol. The highest BCUT2D eigenvalue weighted by molar-refractivity contribution is 5.84. The third-order valence-electron chi connectivity index (χ3n) is 4.86. The van der Waals surface area contributed by atoms with Crippen LogP contribution in [-0.2, 0) is 9.53 Å². The molecule has 0 aromatic rings. The predicted molar refractivity (Wildman–Crippen MR) is 73.8 cm³/mol. The lowest BCUT2D eigenvalue weighted by Crippen LogP contribution is -2.44. The third kappa shape index (κ3) is 2.65. The van der Waals surface area contributed by atoms with Gasteiger partial charge in [-0.05, 0) is 70.9 Å². The van der Waals surface area contributed by atoms with Crippen molar-refractivity contribution in [2.24, 2.45) is 11.3 Å². The molecule has 2 aliphatic carbocycles. The molecule has 0 bridgehead atoms. The van der Waals surface area contributed by atoms with Gasteiger partial charge in [-0.2, -0.15) is 0 Å². The molecule has 1 saturated heterocycles. The number of nitrogens with one attached hydrogen (secondary N) is 2. The summed E-state index contributed by atoms with van der Waals surface area (Å²) in [5.41, 5.74) is -0.190. The minimum atomic E-state index is -0.384. The summed E-state index contributed by atoms with van der Waals surface area (Å²) in [4.78, 5) is 12.2. The number of hydrogen-bond donors (Lipinski definition) is 2. The van der Waals surface area contributed by atoms with E-state index in [1.807, 2.05) is 20.8 Å². The number of rotatable bonds is 4. The fourth-order valence-corrected chi connectivity index (χ4v) is 3.28. The summed E-state index contributed by atoms with van der Waals surface area (Å²) in [6.45, 7) is 9.09. The summed E-state index contributed by atoms with van der Waals surface area (Å²) in [5, 5.41) is 6.96. The number of carbonyl (C=O) groups excluding carboxylic acids is 1. The summed E-state index contributed by atoms with van der Waals surface area (Å²) >= 11 is 0. The molecule has 2 unspecified atom stereocenters. The summed E-state index contributed by atoms with van der Waals surface area (Å²) in [5.74, 6) is 0.696. The van der Waals surface area contributed by atoms with Gasteiger partial charge in [0.25, 0.3) is 0 Å². The molecule has 0 aromatic heterocycles. The lowest BCUT2D eigenvalue weighted by atomic mass is 10.0. The summed E-state index contributed by atoms with van der Waals surface area (Å²) in [6.07, 6.45) is 4.48. The zero-order valence-corrected chi connectivity index (χ0v) is 12.3. The first kappa shape index (κ1) is 13.4. The minimum absolute atomic E-state index is 0.0563. The van der Waals surface area contributed by atoms with Crippen LogP contribution < -0.4 is 10.6 Å². The SMILES string of the molecule is CC(C)(C)OC(=O)C1(NCC2CC23CCNC3)CC1. The van der Waals surface area contributed by atoms with Crippen molar-refractivity contribution in [3.8, 4) is 0 Å². The maximum atomic E-state index is 12.2. The zero-order valence-electron chi connectivity index (χ0n) is 12.3. The van der Waals surface area contributed by atoms with E-state index in [0.717, 1.165) is 31.8 Å². The van der Waals surface area contributed by atoms with Crippen LogP contribution in [0.25, 0.3) is 0 Å². The van der Waals surface area contributed by atoms with E-state index in [4.69, 9.17) is 4.74 Å². The molecule has 4 heteroatoms. The second kappa shape index (κ2) is 4.19. The summed E-state index contributed by atoms with van der Waals surface area (Å²) in [6, 6.07) is 0. The van der Waals surface area contributed by atoms with E-state index in [1.165, 1.54) is 19.4 Å². The Morgan fingerprint density at radius 1 is 1.37 bits per heavy atom. The largest absolute Gasteiger partial charge is 0.459 e. The van der Waals surface area contributed by atoms with Gasteiger partial charge in [-0.25, -0.2) is 0 Å². The van der Waals surface area contributed by atoms with Gasteiger partial charge in [-0.1, -0.05) is 0 Å². The van der Waals surface area contributed by atoms with Crippen molar-refractivity contribution in [1.29, 1.82) is 0 Å². The van der Waals surface area contributed by atoms with Crippen molar-refractivity contribution >= 4 is 5.97 Å². The number of hydrogen-bond acceptors (Lipinski definition) is 4. The molecule has 1 aliphatic heterocycles. The van der Waals surface area contributed by atoms with Crippen LogP contribution in [0.4, 0.5) is 0 Å². The van der Waals surface area contributed by atoms with Crippen LogP contribution in [-0.4, -0.2) is 36.7 Å². The van der Waals surface area contributed by atoms with Gasteiger partial charge in [0.1, 0.15) is 11.1 Å². The Labute approximate surface area is 115 Å². The Morgan fingerprint density at radius 2 is 2.11 bits per heavy atom. The molecule has 3 aliphatic rings. The highest BCUT2D eigenvalue weighted by atomic mass is 16.6.